The van der Waals surface area contributed by atoms with Gasteiger partial charge in [-0.15, -0.1) is 0 Å². The van der Waals surface area contributed by atoms with Gasteiger partial charge in [-0.25, -0.2) is 4.39 Å². The molecule has 0 radical (unpaired) electrons. The third kappa shape index (κ3) is 3.35. The van der Waals surface area contributed by atoms with Crippen LogP contribution in [0.5, 0.6) is 0 Å². The molecule has 0 aliphatic carbocycles. The first-order chi connectivity index (χ1) is 9.13. The van der Waals surface area contributed by atoms with Crippen LogP contribution in [-0.4, -0.2) is 6.54 Å². The topological polar surface area (TPSA) is 12.0 Å². The molecule has 0 saturated heterocycles. The second-order valence-corrected chi connectivity index (χ2v) is 5.75. The van der Waals surface area contributed by atoms with Gasteiger partial charge in [0.2, 0.25) is 0 Å². The normalized spacial score (nSPS) is 12.6. The van der Waals surface area contributed by atoms with Gasteiger partial charge >= 0.3 is 0 Å². The summed E-state index contributed by atoms with van der Waals surface area (Å²) in [5, 5.41) is 8.09. The third-order valence-electron chi connectivity index (χ3n) is 3.06. The summed E-state index contributed by atoms with van der Waals surface area (Å²) in [6.07, 6.45) is 1.04. The van der Waals surface area contributed by atoms with E-state index in [1.807, 2.05) is 11.4 Å². The molecule has 1 aromatic heterocycles. The maximum absolute atomic E-state index is 13.5. The van der Waals surface area contributed by atoms with Gasteiger partial charge in [-0.3, -0.25) is 0 Å². The summed E-state index contributed by atoms with van der Waals surface area (Å²) in [7, 11) is 0. The van der Waals surface area contributed by atoms with Crippen molar-refractivity contribution in [3.63, 3.8) is 0 Å². The summed E-state index contributed by atoms with van der Waals surface area (Å²) >= 11 is 7.87. The van der Waals surface area contributed by atoms with Crippen molar-refractivity contribution in [2.24, 2.45) is 0 Å². The van der Waals surface area contributed by atoms with Gasteiger partial charge in [0, 0.05) is 5.02 Å². The van der Waals surface area contributed by atoms with E-state index >= 15 is 0 Å². The summed E-state index contributed by atoms with van der Waals surface area (Å²) in [4.78, 5) is 0. The fraction of sp³-hybridized carbons (Fsp3) is 0.333. The summed E-state index contributed by atoms with van der Waals surface area (Å²) in [5.74, 6) is -0.256. The van der Waals surface area contributed by atoms with Crippen LogP contribution in [0.3, 0.4) is 0 Å². The molecule has 1 atom stereocenters. The Labute approximate surface area is 122 Å². The minimum absolute atomic E-state index is 0.0259. The standard InChI is InChI=1S/C15H17ClFNS/c1-3-5-18-15(11-4-6-19-9-11)12-7-10(2)14(17)8-13(12)16/h4,6-9,15,18H,3,5H2,1-2H3. The Morgan fingerprint density at radius 2 is 2.21 bits per heavy atom. The maximum Gasteiger partial charge on any atom is 0.127 e. The predicted molar refractivity (Wildman–Crippen MR) is 80.6 cm³/mol. The molecule has 0 fully saturated rings. The van der Waals surface area contributed by atoms with Crippen LogP contribution in [0.4, 0.5) is 4.39 Å². The van der Waals surface area contributed by atoms with E-state index in [0.717, 1.165) is 18.5 Å². The van der Waals surface area contributed by atoms with Gasteiger partial charge in [-0.05, 0) is 65.5 Å². The van der Waals surface area contributed by atoms with E-state index in [1.165, 1.54) is 11.6 Å². The zero-order valence-corrected chi connectivity index (χ0v) is 12.6. The highest BCUT2D eigenvalue weighted by molar-refractivity contribution is 7.08. The quantitative estimate of drug-likeness (QED) is 0.824. The monoisotopic (exact) mass is 297 g/mol. The summed E-state index contributed by atoms with van der Waals surface area (Å²) in [6.45, 7) is 4.78. The lowest BCUT2D eigenvalue weighted by atomic mass is 9.99. The van der Waals surface area contributed by atoms with E-state index in [-0.39, 0.29) is 11.9 Å². The van der Waals surface area contributed by atoms with Gasteiger partial charge in [0.15, 0.2) is 0 Å². The molecule has 0 aliphatic rings. The van der Waals surface area contributed by atoms with Gasteiger partial charge in [0.1, 0.15) is 5.82 Å². The highest BCUT2D eigenvalue weighted by Crippen LogP contribution is 2.31. The average Bonchev–Trinajstić information content (AvgIpc) is 2.89. The van der Waals surface area contributed by atoms with Gasteiger partial charge < -0.3 is 5.32 Å². The molecular formula is C15H17ClFNS. The van der Waals surface area contributed by atoms with Crippen LogP contribution in [0.2, 0.25) is 5.02 Å². The Kier molecular flexibility index (Phi) is 4.97. The van der Waals surface area contributed by atoms with Crippen molar-refractivity contribution in [1.29, 1.82) is 0 Å². The lowest BCUT2D eigenvalue weighted by molar-refractivity contribution is 0.591. The lowest BCUT2D eigenvalue weighted by Gasteiger charge is -2.20. The van der Waals surface area contributed by atoms with Crippen molar-refractivity contribution in [3.8, 4) is 0 Å². The number of rotatable bonds is 5. The van der Waals surface area contributed by atoms with Crippen LogP contribution in [0.25, 0.3) is 0 Å². The number of nitrogens with one attached hydrogen (secondary N) is 1. The molecule has 1 nitrogen and oxygen atoms in total. The molecule has 102 valence electrons. The van der Waals surface area contributed by atoms with Crippen molar-refractivity contribution in [3.05, 3.63) is 56.5 Å². The van der Waals surface area contributed by atoms with Crippen LogP contribution in [0.15, 0.2) is 29.0 Å². The Hall–Kier alpha value is -0.900. The van der Waals surface area contributed by atoms with Crippen molar-refractivity contribution >= 4 is 22.9 Å². The number of aryl methyl sites for hydroxylation is 1. The average molecular weight is 298 g/mol. The predicted octanol–water partition coefficient (Wildman–Crippen LogP) is 4.94. The molecular weight excluding hydrogens is 281 g/mol. The first kappa shape index (κ1) is 14.5. The molecule has 4 heteroatoms. The highest BCUT2D eigenvalue weighted by Gasteiger charge is 2.18. The van der Waals surface area contributed by atoms with E-state index in [0.29, 0.717) is 10.6 Å². The van der Waals surface area contributed by atoms with E-state index < -0.39 is 0 Å². The Morgan fingerprint density at radius 1 is 1.42 bits per heavy atom. The van der Waals surface area contributed by atoms with Crippen molar-refractivity contribution < 1.29 is 4.39 Å². The van der Waals surface area contributed by atoms with E-state index in [9.17, 15) is 4.39 Å². The summed E-state index contributed by atoms with van der Waals surface area (Å²) < 4.78 is 13.5. The van der Waals surface area contributed by atoms with Gasteiger partial charge in [-0.1, -0.05) is 18.5 Å². The Morgan fingerprint density at radius 3 is 2.84 bits per heavy atom. The third-order valence-corrected chi connectivity index (χ3v) is 4.09. The Bertz CT molecular complexity index is 539. The molecule has 1 heterocycles. The second kappa shape index (κ2) is 6.51. The molecule has 1 aromatic carbocycles. The molecule has 0 amide bonds. The fourth-order valence-corrected chi connectivity index (χ4v) is 2.98. The summed E-state index contributed by atoms with van der Waals surface area (Å²) in [5.41, 5.74) is 2.73. The van der Waals surface area contributed by atoms with Gasteiger partial charge in [-0.2, -0.15) is 11.3 Å². The van der Waals surface area contributed by atoms with Crippen molar-refractivity contribution in [2.45, 2.75) is 26.3 Å². The van der Waals surface area contributed by atoms with Gasteiger partial charge in [0.05, 0.1) is 6.04 Å². The van der Waals surface area contributed by atoms with Crippen LogP contribution < -0.4 is 5.32 Å². The zero-order chi connectivity index (χ0) is 13.8. The number of benzene rings is 1. The van der Waals surface area contributed by atoms with Crippen molar-refractivity contribution in [1.82, 2.24) is 5.32 Å². The molecule has 1 unspecified atom stereocenters. The minimum Gasteiger partial charge on any atom is -0.306 e. The number of halogens is 2. The molecule has 19 heavy (non-hydrogen) atoms. The van der Waals surface area contributed by atoms with Gasteiger partial charge in [0.25, 0.3) is 0 Å². The lowest BCUT2D eigenvalue weighted by Crippen LogP contribution is -2.23. The molecule has 0 aliphatic heterocycles. The smallest absolute Gasteiger partial charge is 0.127 e. The fourth-order valence-electron chi connectivity index (χ4n) is 2.04. The maximum atomic E-state index is 13.5. The molecule has 0 spiro atoms. The van der Waals surface area contributed by atoms with E-state index in [4.69, 9.17) is 11.6 Å². The SMILES string of the molecule is CCCNC(c1ccsc1)c1cc(C)c(F)cc1Cl. The minimum atomic E-state index is -0.256. The van der Waals surface area contributed by atoms with E-state index in [2.05, 4.69) is 23.7 Å². The number of hydrogen-bond acceptors (Lipinski definition) is 2. The second-order valence-electron chi connectivity index (χ2n) is 4.57. The van der Waals surface area contributed by atoms with E-state index in [1.54, 1.807) is 18.3 Å². The molecule has 0 saturated carbocycles. The molecule has 0 bridgehead atoms. The van der Waals surface area contributed by atoms with Crippen LogP contribution in [0.1, 0.15) is 36.1 Å². The van der Waals surface area contributed by atoms with Crippen LogP contribution in [0, 0.1) is 12.7 Å². The largest absolute Gasteiger partial charge is 0.306 e. The number of thiophene rings is 1. The zero-order valence-electron chi connectivity index (χ0n) is 11.0. The first-order valence-electron chi connectivity index (χ1n) is 6.34. The van der Waals surface area contributed by atoms with Crippen LogP contribution >= 0.6 is 22.9 Å². The number of hydrogen-bond donors (Lipinski definition) is 1. The molecule has 1 N–H and O–H groups in total. The molecule has 2 rings (SSSR count). The molecule has 2 aromatic rings. The first-order valence-corrected chi connectivity index (χ1v) is 7.66. The highest BCUT2D eigenvalue weighted by atomic mass is 35.5. The van der Waals surface area contributed by atoms with Crippen LogP contribution in [-0.2, 0) is 0 Å². The summed E-state index contributed by atoms with van der Waals surface area (Å²) in [6, 6.07) is 5.34. The Balaban J connectivity index is 2.40. The van der Waals surface area contributed by atoms with Crippen molar-refractivity contribution in [2.75, 3.05) is 6.54 Å².